The number of benzene rings is 2. The van der Waals surface area contributed by atoms with Gasteiger partial charge < -0.3 is 10.6 Å². The van der Waals surface area contributed by atoms with Gasteiger partial charge in [-0.05, 0) is 42.9 Å². The van der Waals surface area contributed by atoms with Crippen LogP contribution in [-0.4, -0.2) is 31.7 Å². The number of carbonyl (C=O) groups excluding carboxylic acids is 1. The Labute approximate surface area is 172 Å². The third kappa shape index (κ3) is 2.32. The fourth-order valence-corrected chi connectivity index (χ4v) is 5.15. The highest BCUT2D eigenvalue weighted by Gasteiger charge is 2.41. The number of anilines is 1. The van der Waals surface area contributed by atoms with Gasteiger partial charge in [-0.2, -0.15) is 0 Å². The average molecular weight is 401 g/mol. The number of rotatable bonds is 1. The zero-order valence-corrected chi connectivity index (χ0v) is 16.5. The van der Waals surface area contributed by atoms with Gasteiger partial charge in [0.2, 0.25) is 0 Å². The van der Waals surface area contributed by atoms with E-state index in [1.165, 1.54) is 22.8 Å². The van der Waals surface area contributed by atoms with Gasteiger partial charge in [0.15, 0.2) is 0 Å². The fourth-order valence-electron chi connectivity index (χ4n) is 5.15. The number of nitrogens with two attached hydrogens (primary N) is 1. The second-order valence-corrected chi connectivity index (χ2v) is 8.33. The van der Waals surface area contributed by atoms with Gasteiger partial charge in [-0.25, -0.2) is 14.4 Å². The Kier molecular flexibility index (Phi) is 3.48. The first kappa shape index (κ1) is 17.4. The van der Waals surface area contributed by atoms with Crippen molar-refractivity contribution in [2.75, 3.05) is 12.3 Å². The number of aromatic nitrogens is 3. The monoisotopic (exact) mass is 401 g/mol. The number of nitrogens with zero attached hydrogens (tertiary/aromatic N) is 4. The van der Waals surface area contributed by atoms with Crippen molar-refractivity contribution >= 4 is 28.3 Å². The van der Waals surface area contributed by atoms with E-state index >= 15 is 4.39 Å². The van der Waals surface area contributed by atoms with Crippen LogP contribution in [0.3, 0.4) is 0 Å². The molecule has 2 aromatic heterocycles. The van der Waals surface area contributed by atoms with Crippen molar-refractivity contribution in [3.63, 3.8) is 0 Å². The Morgan fingerprint density at radius 1 is 1.20 bits per heavy atom. The SMILES string of the molecule is Cc1ccc2c(c1)[C@H]1CCN(C(=O)c3cc4c(cc3F)nc(N)c3cncn34)[C@@H]2C1. The molecule has 1 amide bonds. The number of aryl methyl sites for hydroxylation is 1. The summed E-state index contributed by atoms with van der Waals surface area (Å²) in [6, 6.07) is 9.31. The molecule has 0 unspecified atom stereocenters. The third-order valence-corrected chi connectivity index (χ3v) is 6.60. The minimum absolute atomic E-state index is 0.000228. The third-order valence-electron chi connectivity index (χ3n) is 6.60. The molecule has 2 aromatic carbocycles. The highest BCUT2D eigenvalue weighted by atomic mass is 19.1. The molecule has 0 radical (unpaired) electrons. The van der Waals surface area contributed by atoms with Crippen LogP contribution < -0.4 is 5.73 Å². The van der Waals surface area contributed by atoms with Crippen LogP contribution in [0.5, 0.6) is 0 Å². The second kappa shape index (κ2) is 6.01. The van der Waals surface area contributed by atoms with Gasteiger partial charge in [0.1, 0.15) is 17.2 Å². The molecule has 3 heterocycles. The first-order valence-electron chi connectivity index (χ1n) is 10.1. The van der Waals surface area contributed by atoms with E-state index < -0.39 is 5.82 Å². The summed E-state index contributed by atoms with van der Waals surface area (Å²) in [5, 5.41) is 0. The van der Waals surface area contributed by atoms with Gasteiger partial charge in [0, 0.05) is 12.6 Å². The van der Waals surface area contributed by atoms with Crippen LogP contribution in [0, 0.1) is 12.7 Å². The number of carbonyl (C=O) groups is 1. The molecule has 0 saturated carbocycles. The summed E-state index contributed by atoms with van der Waals surface area (Å²) >= 11 is 0. The molecule has 2 N–H and O–H groups in total. The molecule has 2 atom stereocenters. The number of fused-ring (bicyclic) bond motifs is 8. The summed E-state index contributed by atoms with van der Waals surface area (Å²) in [7, 11) is 0. The summed E-state index contributed by atoms with van der Waals surface area (Å²) in [5.41, 5.74) is 11.4. The van der Waals surface area contributed by atoms with Gasteiger partial charge in [0.25, 0.3) is 5.91 Å². The minimum Gasteiger partial charge on any atom is -0.382 e. The van der Waals surface area contributed by atoms with Crippen molar-refractivity contribution in [2.24, 2.45) is 0 Å². The Balaban J connectivity index is 1.46. The molecule has 1 saturated heterocycles. The van der Waals surface area contributed by atoms with Crippen LogP contribution in [0.1, 0.15) is 51.8 Å². The molecular formula is C23H20FN5O. The first-order chi connectivity index (χ1) is 14.5. The number of halogens is 1. The Hall–Kier alpha value is -3.48. The van der Waals surface area contributed by atoms with Gasteiger partial charge in [-0.1, -0.05) is 23.8 Å². The number of amides is 1. The Morgan fingerprint density at radius 3 is 2.93 bits per heavy atom. The van der Waals surface area contributed by atoms with Crippen molar-refractivity contribution in [3.05, 3.63) is 70.9 Å². The number of likely N-dealkylation sites (tertiary alicyclic amines) is 1. The van der Waals surface area contributed by atoms with Gasteiger partial charge in [0.05, 0.1) is 35.2 Å². The molecule has 2 aliphatic rings. The summed E-state index contributed by atoms with van der Waals surface area (Å²) in [5.74, 6) is -0.106. The summed E-state index contributed by atoms with van der Waals surface area (Å²) in [4.78, 5) is 23.7. The lowest BCUT2D eigenvalue weighted by atomic mass is 9.94. The van der Waals surface area contributed by atoms with E-state index in [-0.39, 0.29) is 23.3 Å². The zero-order valence-electron chi connectivity index (χ0n) is 16.5. The molecule has 0 spiro atoms. The van der Waals surface area contributed by atoms with Crippen molar-refractivity contribution in [2.45, 2.75) is 31.7 Å². The highest BCUT2D eigenvalue weighted by molar-refractivity contribution is 5.99. The van der Waals surface area contributed by atoms with Crippen molar-refractivity contribution in [1.29, 1.82) is 0 Å². The maximum atomic E-state index is 15.0. The molecular weight excluding hydrogens is 381 g/mol. The lowest BCUT2D eigenvalue weighted by molar-refractivity contribution is 0.0616. The average Bonchev–Trinajstić information content (AvgIpc) is 3.32. The lowest BCUT2D eigenvalue weighted by Crippen LogP contribution is -2.38. The number of imidazole rings is 1. The van der Waals surface area contributed by atoms with Crippen LogP contribution in [0.25, 0.3) is 16.6 Å². The Bertz CT molecular complexity index is 1360. The molecule has 6 rings (SSSR count). The summed E-state index contributed by atoms with van der Waals surface area (Å²) < 4.78 is 16.8. The van der Waals surface area contributed by atoms with E-state index in [0.717, 1.165) is 12.8 Å². The second-order valence-electron chi connectivity index (χ2n) is 8.33. The predicted octanol–water partition coefficient (Wildman–Crippen LogP) is 3.99. The maximum Gasteiger partial charge on any atom is 0.257 e. The van der Waals surface area contributed by atoms with Gasteiger partial charge in [-0.15, -0.1) is 0 Å². The van der Waals surface area contributed by atoms with E-state index in [1.807, 2.05) is 4.90 Å². The zero-order chi connectivity index (χ0) is 20.6. The number of piperidine rings is 1. The topological polar surface area (TPSA) is 76.5 Å². The molecule has 4 aromatic rings. The van der Waals surface area contributed by atoms with E-state index in [0.29, 0.717) is 29.0 Å². The fraction of sp³-hybridized carbons (Fsp3) is 0.261. The minimum atomic E-state index is -0.580. The van der Waals surface area contributed by atoms with Crippen LogP contribution in [0.4, 0.5) is 10.2 Å². The maximum absolute atomic E-state index is 15.0. The molecule has 7 heteroatoms. The quantitative estimate of drug-likeness (QED) is 0.523. The molecule has 1 aliphatic heterocycles. The lowest BCUT2D eigenvalue weighted by Gasteiger charge is -2.34. The Morgan fingerprint density at radius 2 is 2.07 bits per heavy atom. The van der Waals surface area contributed by atoms with Crippen LogP contribution in [0.15, 0.2) is 42.9 Å². The molecule has 2 bridgehead atoms. The highest BCUT2D eigenvalue weighted by Crippen LogP contribution is 2.49. The van der Waals surface area contributed by atoms with E-state index in [2.05, 4.69) is 35.1 Å². The smallest absolute Gasteiger partial charge is 0.257 e. The molecule has 1 aliphatic carbocycles. The van der Waals surface area contributed by atoms with Crippen molar-refractivity contribution in [3.8, 4) is 0 Å². The van der Waals surface area contributed by atoms with Gasteiger partial charge >= 0.3 is 0 Å². The van der Waals surface area contributed by atoms with Crippen LogP contribution in [0.2, 0.25) is 0 Å². The van der Waals surface area contributed by atoms with E-state index in [9.17, 15) is 4.79 Å². The molecule has 1 fully saturated rings. The van der Waals surface area contributed by atoms with E-state index in [1.54, 1.807) is 23.0 Å². The van der Waals surface area contributed by atoms with E-state index in [4.69, 9.17) is 5.73 Å². The number of hydrogen-bond acceptors (Lipinski definition) is 4. The largest absolute Gasteiger partial charge is 0.382 e. The number of nitrogen functional groups attached to an aromatic ring is 1. The van der Waals surface area contributed by atoms with Crippen molar-refractivity contribution < 1.29 is 9.18 Å². The number of hydrogen-bond donors (Lipinski definition) is 1. The summed E-state index contributed by atoms with van der Waals surface area (Å²) in [6.45, 7) is 2.72. The molecule has 30 heavy (non-hydrogen) atoms. The summed E-state index contributed by atoms with van der Waals surface area (Å²) in [6.07, 6.45) is 5.01. The molecule has 150 valence electrons. The van der Waals surface area contributed by atoms with Crippen molar-refractivity contribution in [1.82, 2.24) is 19.3 Å². The molecule has 6 nitrogen and oxygen atoms in total. The predicted molar refractivity (Wildman–Crippen MR) is 112 cm³/mol. The standard InChI is InChI=1S/C23H20FN5O/c1-12-2-3-14-15(6-12)13-4-5-28(19(14)7-13)23(30)16-8-20-18(9-17(16)24)27-22(25)21-10-26-11-29(20)21/h2-3,6,8-11,13,19H,4-5,7H2,1H3,(H2,25,27)/t13-,19+/m0/s1. The first-order valence-corrected chi connectivity index (χ1v) is 10.1. The van der Waals surface area contributed by atoms with Crippen LogP contribution in [-0.2, 0) is 0 Å². The normalized spacial score (nSPS) is 20.1. The van der Waals surface area contributed by atoms with Crippen LogP contribution >= 0.6 is 0 Å². The van der Waals surface area contributed by atoms with Gasteiger partial charge in [-0.3, -0.25) is 9.20 Å².